The van der Waals surface area contributed by atoms with Crippen molar-refractivity contribution in [2.24, 2.45) is 0 Å². The number of hydrogen-bond donors (Lipinski definition) is 0. The second-order valence-electron chi connectivity index (χ2n) is 11.1. The second-order valence-corrected chi connectivity index (χ2v) is 11.1. The van der Waals surface area contributed by atoms with Crippen molar-refractivity contribution in [1.82, 2.24) is 0 Å². The van der Waals surface area contributed by atoms with E-state index in [1.165, 1.54) is 122 Å². The van der Waals surface area contributed by atoms with Gasteiger partial charge in [0, 0.05) is 0 Å². The molecular weight excluding hydrogens is 382 g/mol. The Morgan fingerprint density at radius 2 is 0.968 bits per heavy atom. The first kappa shape index (κ1) is 28.9. The maximum atomic E-state index is 6.04. The van der Waals surface area contributed by atoms with Crippen molar-refractivity contribution in [1.29, 1.82) is 0 Å². The normalized spacial score (nSPS) is 19.4. The van der Waals surface area contributed by atoms with Gasteiger partial charge in [-0.25, -0.2) is 0 Å². The molecule has 1 aliphatic rings. The van der Waals surface area contributed by atoms with Crippen LogP contribution in [0.3, 0.4) is 0 Å². The van der Waals surface area contributed by atoms with E-state index in [0.717, 1.165) is 24.1 Å². The van der Waals surface area contributed by atoms with Crippen LogP contribution in [0, 0.1) is 0 Å². The third-order valence-electron chi connectivity index (χ3n) is 6.61. The topological polar surface area (TPSA) is 18.5 Å². The fourth-order valence-electron chi connectivity index (χ4n) is 4.76. The van der Waals surface area contributed by atoms with Crippen LogP contribution >= 0.6 is 0 Å². The number of likely N-dealkylation sites (N-methyl/N-ethyl adjacent to an activating group) is 1. The molecule has 0 aliphatic carbocycles. The van der Waals surface area contributed by atoms with Crippen LogP contribution in [-0.2, 0) is 9.47 Å². The van der Waals surface area contributed by atoms with Gasteiger partial charge in [0.2, 0.25) is 0 Å². The van der Waals surface area contributed by atoms with E-state index in [9.17, 15) is 0 Å². The molecule has 186 valence electrons. The monoisotopic (exact) mass is 440 g/mol. The zero-order valence-corrected chi connectivity index (χ0v) is 22.0. The second kappa shape index (κ2) is 19.4. The van der Waals surface area contributed by atoms with Crippen molar-refractivity contribution < 1.29 is 14.0 Å². The molecule has 0 N–H and O–H groups in total. The molecule has 1 saturated heterocycles. The molecule has 1 heterocycles. The van der Waals surface area contributed by atoms with E-state index in [4.69, 9.17) is 9.47 Å². The molecule has 3 heteroatoms. The predicted molar refractivity (Wildman–Crippen MR) is 136 cm³/mol. The summed E-state index contributed by atoms with van der Waals surface area (Å²) in [5, 5.41) is 0. The summed E-state index contributed by atoms with van der Waals surface area (Å²) in [6, 6.07) is 0. The molecule has 1 fully saturated rings. The fourth-order valence-corrected chi connectivity index (χ4v) is 4.76. The number of rotatable bonds is 22. The number of unbranched alkanes of at least 4 members (excludes halogenated alkanes) is 18. The van der Waals surface area contributed by atoms with Crippen molar-refractivity contribution in [3.63, 3.8) is 0 Å². The van der Waals surface area contributed by atoms with Crippen LogP contribution in [0.4, 0.5) is 0 Å². The van der Waals surface area contributed by atoms with Crippen molar-refractivity contribution in [3.8, 4) is 0 Å². The summed E-state index contributed by atoms with van der Waals surface area (Å²) in [7, 11) is 6.65. The lowest BCUT2D eigenvalue weighted by atomic mass is 10.0. The maximum absolute atomic E-state index is 6.04. The van der Waals surface area contributed by atoms with Crippen LogP contribution < -0.4 is 0 Å². The minimum absolute atomic E-state index is 0.0577. The number of hydrogen-bond acceptors (Lipinski definition) is 2. The Morgan fingerprint density at radius 3 is 1.35 bits per heavy atom. The van der Waals surface area contributed by atoms with Gasteiger partial charge in [-0.3, -0.25) is 0 Å². The fraction of sp³-hybridized carbons (Fsp3) is 1.00. The van der Waals surface area contributed by atoms with Crippen LogP contribution in [0.2, 0.25) is 0 Å². The van der Waals surface area contributed by atoms with Crippen LogP contribution in [0.5, 0.6) is 0 Å². The summed E-state index contributed by atoms with van der Waals surface area (Å²) in [6.07, 6.45) is 28.6. The zero-order valence-electron chi connectivity index (χ0n) is 22.0. The average molecular weight is 441 g/mol. The average Bonchev–Trinajstić information content (AvgIpc) is 3.15. The van der Waals surface area contributed by atoms with Crippen LogP contribution in [0.1, 0.15) is 135 Å². The molecule has 0 radical (unpaired) electrons. The Morgan fingerprint density at radius 1 is 0.581 bits per heavy atom. The first-order valence-electron chi connectivity index (χ1n) is 14.1. The molecule has 2 unspecified atom stereocenters. The predicted octanol–water partition coefficient (Wildman–Crippen LogP) is 8.26. The minimum Gasteiger partial charge on any atom is -0.350 e. The summed E-state index contributed by atoms with van der Waals surface area (Å²) >= 11 is 0. The van der Waals surface area contributed by atoms with Crippen LogP contribution in [0.25, 0.3) is 0 Å². The van der Waals surface area contributed by atoms with Gasteiger partial charge in [0.15, 0.2) is 6.29 Å². The Balaban J connectivity index is 1.72. The molecular formula is C28H58NO2+. The van der Waals surface area contributed by atoms with E-state index in [0.29, 0.717) is 0 Å². The third-order valence-corrected chi connectivity index (χ3v) is 6.61. The third kappa shape index (κ3) is 19.1. The Hall–Kier alpha value is -0.120. The van der Waals surface area contributed by atoms with Gasteiger partial charge in [-0.05, 0) is 12.8 Å². The molecule has 0 aromatic heterocycles. The molecule has 0 aromatic carbocycles. The van der Waals surface area contributed by atoms with E-state index >= 15 is 0 Å². The molecule has 1 rings (SSSR count). The highest BCUT2D eigenvalue weighted by Gasteiger charge is 2.29. The standard InChI is InChI=1S/C28H58NO2/c1-5-6-7-8-9-10-11-12-13-14-15-16-17-18-19-20-21-22-23-24-28-30-26-27(31-28)25-29(2,3)4/h27-28H,5-26H2,1-4H3/q+1. The molecule has 31 heavy (non-hydrogen) atoms. The Labute approximate surface area is 196 Å². The van der Waals surface area contributed by atoms with Crippen molar-refractivity contribution in [3.05, 3.63) is 0 Å². The Bertz CT molecular complexity index is 380. The lowest BCUT2D eigenvalue weighted by Gasteiger charge is -2.26. The van der Waals surface area contributed by atoms with Crippen molar-refractivity contribution >= 4 is 0 Å². The first-order chi connectivity index (χ1) is 15.0. The van der Waals surface area contributed by atoms with Gasteiger partial charge in [-0.2, -0.15) is 0 Å². The highest BCUT2D eigenvalue weighted by molar-refractivity contribution is 4.65. The largest absolute Gasteiger partial charge is 0.350 e. The number of quaternary nitrogens is 1. The maximum Gasteiger partial charge on any atom is 0.158 e. The van der Waals surface area contributed by atoms with E-state index in [-0.39, 0.29) is 12.4 Å². The summed E-state index contributed by atoms with van der Waals surface area (Å²) < 4.78 is 12.8. The van der Waals surface area contributed by atoms with E-state index in [1.807, 2.05) is 0 Å². The highest BCUT2D eigenvalue weighted by atomic mass is 16.7. The van der Waals surface area contributed by atoms with Gasteiger partial charge in [0.05, 0.1) is 27.7 Å². The lowest BCUT2D eigenvalue weighted by Crippen LogP contribution is -2.42. The summed E-state index contributed by atoms with van der Waals surface area (Å²) in [5.41, 5.74) is 0. The first-order valence-corrected chi connectivity index (χ1v) is 14.1. The van der Waals surface area contributed by atoms with Crippen molar-refractivity contribution in [2.45, 2.75) is 148 Å². The van der Waals surface area contributed by atoms with Gasteiger partial charge >= 0.3 is 0 Å². The smallest absolute Gasteiger partial charge is 0.158 e. The van der Waals surface area contributed by atoms with Gasteiger partial charge in [0.1, 0.15) is 12.6 Å². The van der Waals surface area contributed by atoms with Gasteiger partial charge in [-0.15, -0.1) is 0 Å². The quantitative estimate of drug-likeness (QED) is 0.125. The molecule has 1 aliphatic heterocycles. The molecule has 0 amide bonds. The highest BCUT2D eigenvalue weighted by Crippen LogP contribution is 2.20. The van der Waals surface area contributed by atoms with E-state index in [1.54, 1.807) is 0 Å². The number of nitrogens with zero attached hydrogens (tertiary/aromatic N) is 1. The molecule has 3 nitrogen and oxygen atoms in total. The molecule has 2 atom stereocenters. The Kier molecular flexibility index (Phi) is 18.1. The minimum atomic E-state index is 0.0577. The lowest BCUT2D eigenvalue weighted by molar-refractivity contribution is -0.873. The molecule has 0 bridgehead atoms. The molecule has 0 spiro atoms. The zero-order chi connectivity index (χ0) is 22.6. The summed E-state index contributed by atoms with van der Waals surface area (Å²) in [5.74, 6) is 0. The van der Waals surface area contributed by atoms with Crippen LogP contribution in [0.15, 0.2) is 0 Å². The SMILES string of the molecule is CCCCCCCCCCCCCCCCCCCCCC1OCC(C[N+](C)(C)C)O1. The van der Waals surface area contributed by atoms with Gasteiger partial charge in [-0.1, -0.05) is 122 Å². The van der Waals surface area contributed by atoms with E-state index in [2.05, 4.69) is 28.1 Å². The van der Waals surface area contributed by atoms with Gasteiger partial charge in [0.25, 0.3) is 0 Å². The van der Waals surface area contributed by atoms with Crippen molar-refractivity contribution in [2.75, 3.05) is 34.3 Å². The number of ether oxygens (including phenoxy) is 2. The summed E-state index contributed by atoms with van der Waals surface area (Å²) in [4.78, 5) is 0. The molecule has 0 saturated carbocycles. The van der Waals surface area contributed by atoms with Crippen LogP contribution in [-0.4, -0.2) is 51.2 Å². The van der Waals surface area contributed by atoms with Gasteiger partial charge < -0.3 is 14.0 Å². The summed E-state index contributed by atoms with van der Waals surface area (Å²) in [6.45, 7) is 4.11. The van der Waals surface area contributed by atoms with E-state index < -0.39 is 0 Å². The molecule has 0 aromatic rings.